The number of hydrogen-bond donors (Lipinski definition) is 4. The predicted octanol–water partition coefficient (Wildman–Crippen LogP) is 3.34. The van der Waals surface area contributed by atoms with Crippen LogP contribution in [0.25, 0.3) is 10.8 Å². The number of nitrogens with one attached hydrogen (secondary N) is 1. The number of aliphatic hydroxyl groups excluding tert-OH is 2. The Kier molecular flexibility index (Phi) is 9.22. The second kappa shape index (κ2) is 12.1. The molecular formula is C25H30N2O5S. The lowest BCUT2D eigenvalue weighted by Crippen LogP contribution is -2.46. The molecule has 0 amide bonds. The average molecular weight is 471 g/mol. The maximum absolute atomic E-state index is 12.6. The highest BCUT2D eigenvalue weighted by Gasteiger charge is 2.27. The van der Waals surface area contributed by atoms with E-state index in [1.165, 1.54) is 0 Å². The van der Waals surface area contributed by atoms with E-state index in [0.29, 0.717) is 23.3 Å². The zero-order chi connectivity index (χ0) is 23.8. The predicted molar refractivity (Wildman–Crippen MR) is 129 cm³/mol. The molecule has 176 valence electrons. The van der Waals surface area contributed by atoms with Crippen molar-refractivity contribution in [1.82, 2.24) is 10.3 Å². The van der Waals surface area contributed by atoms with Crippen LogP contribution in [0.2, 0.25) is 0 Å². The minimum absolute atomic E-state index is 0.0520. The molecule has 0 aliphatic heterocycles. The van der Waals surface area contributed by atoms with Gasteiger partial charge < -0.3 is 20.1 Å². The first-order chi connectivity index (χ1) is 15.9. The molecule has 0 spiro atoms. The van der Waals surface area contributed by atoms with Gasteiger partial charge in [-0.15, -0.1) is 11.8 Å². The molecule has 0 bridgehead atoms. The van der Waals surface area contributed by atoms with Crippen LogP contribution in [-0.4, -0.2) is 50.7 Å². The number of rotatable bonds is 11. The Morgan fingerprint density at radius 2 is 1.79 bits per heavy atom. The summed E-state index contributed by atoms with van der Waals surface area (Å²) < 4.78 is 5.24. The molecule has 4 N–H and O–H groups in total. The van der Waals surface area contributed by atoms with E-state index in [1.807, 2.05) is 54.6 Å². The lowest BCUT2D eigenvalue weighted by Gasteiger charge is -2.26. The Labute approximate surface area is 197 Å². The van der Waals surface area contributed by atoms with Gasteiger partial charge in [-0.05, 0) is 43.9 Å². The number of pyridine rings is 1. The largest absolute Gasteiger partial charge is 0.465 e. The van der Waals surface area contributed by atoms with Crippen LogP contribution in [0.15, 0.2) is 65.6 Å². The van der Waals surface area contributed by atoms with E-state index in [4.69, 9.17) is 4.74 Å². The third kappa shape index (κ3) is 6.75. The summed E-state index contributed by atoms with van der Waals surface area (Å²) in [5, 5.41) is 35.0. The van der Waals surface area contributed by atoms with Crippen molar-refractivity contribution in [3.05, 3.63) is 72.1 Å². The smallest absolute Gasteiger partial charge is 0.323 e. The summed E-state index contributed by atoms with van der Waals surface area (Å²) in [6, 6.07) is 17.6. The third-order valence-electron chi connectivity index (χ3n) is 5.26. The van der Waals surface area contributed by atoms with Gasteiger partial charge in [0, 0.05) is 22.1 Å². The van der Waals surface area contributed by atoms with Crippen molar-refractivity contribution < 1.29 is 24.9 Å². The van der Waals surface area contributed by atoms with Crippen molar-refractivity contribution >= 4 is 28.5 Å². The molecule has 3 aromatic rings. The third-order valence-corrected chi connectivity index (χ3v) is 6.31. The number of ether oxygens (including phenoxy) is 1. The molecule has 2 unspecified atom stereocenters. The normalized spacial score (nSPS) is 14.2. The molecule has 0 saturated carbocycles. The Morgan fingerprint density at radius 1 is 1.09 bits per heavy atom. The fourth-order valence-electron chi connectivity index (χ4n) is 3.57. The maximum Gasteiger partial charge on any atom is 0.323 e. The van der Waals surface area contributed by atoms with Crippen molar-refractivity contribution in [2.75, 3.05) is 12.4 Å². The number of aliphatic hydroxyl groups is 3. The SMILES string of the molecule is CCOC(=O)C(CCSc1ccccc1)N[C@@H](C)C(O)c1nc(C(O)O)cc2ccccc12. The molecule has 8 heteroatoms. The molecule has 3 atom stereocenters. The maximum atomic E-state index is 12.6. The van der Waals surface area contributed by atoms with Crippen LogP contribution in [0.3, 0.4) is 0 Å². The van der Waals surface area contributed by atoms with Gasteiger partial charge in [0.15, 0.2) is 6.29 Å². The zero-order valence-electron chi connectivity index (χ0n) is 18.7. The first-order valence-electron chi connectivity index (χ1n) is 10.9. The van der Waals surface area contributed by atoms with Crippen molar-refractivity contribution in [2.45, 2.75) is 49.6 Å². The second-order valence-electron chi connectivity index (χ2n) is 7.68. The van der Waals surface area contributed by atoms with E-state index in [1.54, 1.807) is 31.7 Å². The van der Waals surface area contributed by atoms with Crippen molar-refractivity contribution in [3.8, 4) is 0 Å². The topological polar surface area (TPSA) is 112 Å². The molecule has 0 radical (unpaired) electrons. The summed E-state index contributed by atoms with van der Waals surface area (Å²) in [6.45, 7) is 3.79. The van der Waals surface area contributed by atoms with E-state index >= 15 is 0 Å². The molecule has 3 rings (SSSR count). The fourth-order valence-corrected chi connectivity index (χ4v) is 4.51. The van der Waals surface area contributed by atoms with Gasteiger partial charge in [0.25, 0.3) is 0 Å². The summed E-state index contributed by atoms with van der Waals surface area (Å²) in [5.41, 5.74) is 0.369. The fraction of sp³-hybridized carbons (Fsp3) is 0.360. The van der Waals surface area contributed by atoms with Gasteiger partial charge in [-0.25, -0.2) is 4.98 Å². The summed E-state index contributed by atoms with van der Waals surface area (Å²) in [5.74, 6) is 0.319. The van der Waals surface area contributed by atoms with Crippen LogP contribution in [0.4, 0.5) is 0 Å². The molecule has 0 aliphatic rings. The van der Waals surface area contributed by atoms with Crippen molar-refractivity contribution in [3.63, 3.8) is 0 Å². The molecule has 0 saturated heterocycles. The molecule has 7 nitrogen and oxygen atoms in total. The number of benzene rings is 2. The van der Waals surface area contributed by atoms with E-state index in [0.717, 1.165) is 10.3 Å². The Balaban J connectivity index is 1.76. The van der Waals surface area contributed by atoms with Gasteiger partial charge in [0.05, 0.1) is 18.0 Å². The number of thioether (sulfide) groups is 1. The van der Waals surface area contributed by atoms with E-state index in [9.17, 15) is 20.1 Å². The highest BCUT2D eigenvalue weighted by Crippen LogP contribution is 2.28. The van der Waals surface area contributed by atoms with Crippen molar-refractivity contribution in [2.24, 2.45) is 0 Å². The van der Waals surface area contributed by atoms with Crippen LogP contribution < -0.4 is 5.32 Å². The van der Waals surface area contributed by atoms with Crippen LogP contribution in [-0.2, 0) is 9.53 Å². The van der Waals surface area contributed by atoms with Crippen LogP contribution in [0, 0.1) is 0 Å². The molecular weight excluding hydrogens is 440 g/mol. The van der Waals surface area contributed by atoms with Crippen LogP contribution in [0.5, 0.6) is 0 Å². The van der Waals surface area contributed by atoms with Crippen LogP contribution >= 0.6 is 11.8 Å². The van der Waals surface area contributed by atoms with Gasteiger partial charge in [-0.1, -0.05) is 42.5 Å². The molecule has 0 aliphatic carbocycles. The number of hydrogen-bond acceptors (Lipinski definition) is 8. The number of carbonyl (C=O) groups excluding carboxylic acids is 1. The summed E-state index contributed by atoms with van der Waals surface area (Å²) in [6.07, 6.45) is -2.34. The van der Waals surface area contributed by atoms with E-state index < -0.39 is 24.5 Å². The molecule has 33 heavy (non-hydrogen) atoms. The van der Waals surface area contributed by atoms with E-state index in [2.05, 4.69) is 10.3 Å². The molecule has 0 fully saturated rings. The number of esters is 1. The first-order valence-corrected chi connectivity index (χ1v) is 11.9. The molecule has 1 heterocycles. The average Bonchev–Trinajstić information content (AvgIpc) is 2.82. The second-order valence-corrected chi connectivity index (χ2v) is 8.85. The minimum atomic E-state index is -1.76. The lowest BCUT2D eigenvalue weighted by molar-refractivity contribution is -0.146. The summed E-state index contributed by atoms with van der Waals surface area (Å²) in [7, 11) is 0. The van der Waals surface area contributed by atoms with Crippen LogP contribution in [0.1, 0.15) is 44.1 Å². The highest BCUT2D eigenvalue weighted by atomic mass is 32.2. The Bertz CT molecular complexity index is 1050. The van der Waals surface area contributed by atoms with Gasteiger partial charge >= 0.3 is 5.97 Å². The summed E-state index contributed by atoms with van der Waals surface area (Å²) >= 11 is 1.64. The number of fused-ring (bicyclic) bond motifs is 1. The van der Waals surface area contributed by atoms with Gasteiger partial charge in [-0.3, -0.25) is 10.1 Å². The number of aromatic nitrogens is 1. The number of nitrogens with zero attached hydrogens (tertiary/aromatic N) is 1. The zero-order valence-corrected chi connectivity index (χ0v) is 19.5. The molecule has 2 aromatic carbocycles. The first kappa shape index (κ1) is 25.1. The van der Waals surface area contributed by atoms with Crippen molar-refractivity contribution in [1.29, 1.82) is 0 Å². The lowest BCUT2D eigenvalue weighted by atomic mass is 10.0. The molecule has 1 aromatic heterocycles. The van der Waals surface area contributed by atoms with Gasteiger partial charge in [0.1, 0.15) is 12.1 Å². The Hall–Kier alpha value is -2.49. The highest BCUT2D eigenvalue weighted by molar-refractivity contribution is 7.99. The monoisotopic (exact) mass is 470 g/mol. The van der Waals surface area contributed by atoms with Gasteiger partial charge in [-0.2, -0.15) is 0 Å². The number of carbonyl (C=O) groups is 1. The Morgan fingerprint density at radius 3 is 2.48 bits per heavy atom. The minimum Gasteiger partial charge on any atom is -0.465 e. The quantitative estimate of drug-likeness (QED) is 0.192. The summed E-state index contributed by atoms with van der Waals surface area (Å²) in [4.78, 5) is 18.0. The standard InChI is InChI=1S/C25H30N2O5S/c1-3-32-25(31)20(13-14-33-18-10-5-4-6-11-18)26-16(2)23(28)22-19-12-8-7-9-17(19)15-21(27-22)24(29)30/h4-12,15-16,20,23-24,26,28-30H,3,13-14H2,1-2H3/t16-,20?,23?/m0/s1. The van der Waals surface area contributed by atoms with E-state index in [-0.39, 0.29) is 18.3 Å². The van der Waals surface area contributed by atoms with Gasteiger partial charge in [0.2, 0.25) is 0 Å².